The number of piperidine rings is 1. The minimum Gasteiger partial charge on any atom is -0.755 e. The molecule has 10 heteroatoms. The van der Waals surface area contributed by atoms with Crippen LogP contribution in [0.5, 0.6) is 11.5 Å². The normalized spacial score (nSPS) is 15.4. The van der Waals surface area contributed by atoms with Crippen LogP contribution in [0.2, 0.25) is 0 Å². The average Bonchev–Trinajstić information content (AvgIpc) is 2.83. The van der Waals surface area contributed by atoms with Crippen molar-refractivity contribution >= 4 is 34.6 Å². The summed E-state index contributed by atoms with van der Waals surface area (Å²) >= 11 is -2.45. The molecule has 9 nitrogen and oxygen atoms in total. The van der Waals surface area contributed by atoms with Crippen molar-refractivity contribution in [3.05, 3.63) is 54.1 Å². The topological polar surface area (TPSA) is 114 Å². The quantitative estimate of drug-likeness (QED) is 0.269. The van der Waals surface area contributed by atoms with Gasteiger partial charge in [0, 0.05) is 48.2 Å². The number of hydroxylamine groups is 1. The van der Waals surface area contributed by atoms with Crippen LogP contribution in [0.4, 0.5) is 11.4 Å². The lowest BCUT2D eigenvalue weighted by atomic mass is 10.0. The van der Waals surface area contributed by atoms with Crippen molar-refractivity contribution in [2.75, 3.05) is 36.5 Å². The summed E-state index contributed by atoms with van der Waals surface area (Å²) in [6, 6.07) is 12.5. The Bertz CT molecular complexity index is 991. The Morgan fingerprint density at radius 1 is 1.19 bits per heavy atom. The maximum absolute atomic E-state index is 12.1. The maximum atomic E-state index is 12.1. The van der Waals surface area contributed by atoms with Crippen molar-refractivity contribution in [3.8, 4) is 11.5 Å². The van der Waals surface area contributed by atoms with Crippen LogP contribution in [0.15, 0.2) is 48.5 Å². The van der Waals surface area contributed by atoms with Crippen molar-refractivity contribution in [2.45, 2.75) is 18.9 Å². The molecule has 32 heavy (non-hydrogen) atoms. The molecule has 0 aromatic heterocycles. The molecule has 0 spiro atoms. The average molecular weight is 461 g/mol. The first-order valence-electron chi connectivity index (χ1n) is 10.0. The molecule has 1 amide bonds. The summed E-state index contributed by atoms with van der Waals surface area (Å²) in [6.07, 6.45) is 4.13. The van der Waals surface area contributed by atoms with E-state index < -0.39 is 17.2 Å². The van der Waals surface area contributed by atoms with Gasteiger partial charge in [-0.1, -0.05) is 18.2 Å². The summed E-state index contributed by atoms with van der Waals surface area (Å²) in [5, 5.41) is 8.68. The van der Waals surface area contributed by atoms with Gasteiger partial charge in [-0.2, -0.15) is 0 Å². The monoisotopic (exact) mass is 460 g/mol. The first-order chi connectivity index (χ1) is 15.5. The van der Waals surface area contributed by atoms with E-state index in [0.717, 1.165) is 11.3 Å². The second-order valence-electron chi connectivity index (χ2n) is 7.17. The van der Waals surface area contributed by atoms with Crippen LogP contribution in [-0.2, 0) is 16.1 Å². The smallest absolute Gasteiger partial charge is 0.267 e. The second kappa shape index (κ2) is 11.0. The number of hydrogen-bond donors (Lipinski definition) is 2. The summed E-state index contributed by atoms with van der Waals surface area (Å²) in [7, 11) is 3.04. The first kappa shape index (κ1) is 23.6. The highest BCUT2D eigenvalue weighted by atomic mass is 32.2. The molecule has 1 saturated heterocycles. The number of amides is 1. The van der Waals surface area contributed by atoms with Crippen molar-refractivity contribution in [1.29, 1.82) is 0 Å². The minimum absolute atomic E-state index is 0.203. The van der Waals surface area contributed by atoms with Gasteiger partial charge in [0.05, 0.1) is 19.9 Å². The molecule has 1 aliphatic rings. The molecule has 1 atom stereocenters. The predicted octanol–water partition coefficient (Wildman–Crippen LogP) is 2.49. The van der Waals surface area contributed by atoms with Gasteiger partial charge in [-0.3, -0.25) is 18.5 Å². The zero-order valence-corrected chi connectivity index (χ0v) is 18.7. The predicted molar refractivity (Wildman–Crippen MR) is 122 cm³/mol. The van der Waals surface area contributed by atoms with Crippen LogP contribution >= 0.6 is 0 Å². The number of rotatable bonds is 8. The Labute approximate surface area is 189 Å². The van der Waals surface area contributed by atoms with Crippen LogP contribution in [0.1, 0.15) is 18.4 Å². The lowest BCUT2D eigenvalue weighted by molar-refractivity contribution is -0.124. The van der Waals surface area contributed by atoms with Gasteiger partial charge >= 0.3 is 0 Å². The van der Waals surface area contributed by atoms with Crippen molar-refractivity contribution in [3.63, 3.8) is 0 Å². The van der Waals surface area contributed by atoms with Crippen LogP contribution < -0.4 is 24.2 Å². The SMILES string of the molecule is COc1ccc(N(C2CCN(c3ccccc3/C=C/C(=O)NO)CC2)S(=O)[O-])cc1OC. The number of ether oxygens (including phenoxy) is 2. The third kappa shape index (κ3) is 5.39. The number of carbonyl (C=O) groups excluding carboxylic acids is 1. The van der Waals surface area contributed by atoms with Gasteiger partial charge in [0.2, 0.25) is 0 Å². The number of nitrogens with zero attached hydrogens (tertiary/aromatic N) is 2. The second-order valence-corrected chi connectivity index (χ2v) is 8.00. The van der Waals surface area contributed by atoms with Crippen molar-refractivity contribution in [2.24, 2.45) is 0 Å². The fourth-order valence-corrected chi connectivity index (χ4v) is 4.58. The largest absolute Gasteiger partial charge is 0.755 e. The van der Waals surface area contributed by atoms with Gasteiger partial charge in [-0.05, 0) is 42.7 Å². The van der Waals surface area contributed by atoms with E-state index in [1.165, 1.54) is 24.6 Å². The highest BCUT2D eigenvalue weighted by Gasteiger charge is 2.27. The Balaban J connectivity index is 1.77. The molecular formula is C22H26N3O6S-. The highest BCUT2D eigenvalue weighted by molar-refractivity contribution is 7.80. The number of hydrogen-bond acceptors (Lipinski definition) is 7. The molecule has 172 valence electrons. The van der Waals surface area contributed by atoms with Crippen LogP contribution in [0.25, 0.3) is 6.08 Å². The van der Waals surface area contributed by atoms with E-state index in [1.807, 2.05) is 24.3 Å². The number of anilines is 2. The molecule has 1 unspecified atom stereocenters. The van der Waals surface area contributed by atoms with Gasteiger partial charge in [0.15, 0.2) is 11.5 Å². The molecule has 2 aromatic carbocycles. The van der Waals surface area contributed by atoms with E-state index in [4.69, 9.17) is 14.7 Å². The fraction of sp³-hybridized carbons (Fsp3) is 0.318. The Morgan fingerprint density at radius 2 is 1.88 bits per heavy atom. The first-order valence-corrected chi connectivity index (χ1v) is 11.1. The molecule has 0 saturated carbocycles. The van der Waals surface area contributed by atoms with Crippen LogP contribution in [0.3, 0.4) is 0 Å². The summed E-state index contributed by atoms with van der Waals surface area (Å²) < 4.78 is 36.2. The molecule has 2 aromatic rings. The number of nitrogens with one attached hydrogen (secondary N) is 1. The summed E-state index contributed by atoms with van der Waals surface area (Å²) in [6.45, 7) is 1.28. The zero-order valence-electron chi connectivity index (χ0n) is 17.9. The van der Waals surface area contributed by atoms with E-state index in [1.54, 1.807) is 29.8 Å². The Morgan fingerprint density at radius 3 is 2.50 bits per heavy atom. The third-order valence-corrected chi connectivity index (χ3v) is 6.21. The van der Waals surface area contributed by atoms with Crippen molar-refractivity contribution < 1.29 is 28.2 Å². The fourth-order valence-electron chi connectivity index (χ4n) is 3.84. The Kier molecular flexibility index (Phi) is 8.09. The lowest BCUT2D eigenvalue weighted by Crippen LogP contribution is -2.46. The van der Waals surface area contributed by atoms with Crippen molar-refractivity contribution in [1.82, 2.24) is 5.48 Å². The number of methoxy groups -OCH3 is 2. The van der Waals surface area contributed by atoms with E-state index in [0.29, 0.717) is 43.1 Å². The van der Waals surface area contributed by atoms with Gasteiger partial charge in [-0.15, -0.1) is 0 Å². The molecule has 0 aliphatic carbocycles. The molecular weight excluding hydrogens is 434 g/mol. The van der Waals surface area contributed by atoms with Crippen LogP contribution in [0, 0.1) is 0 Å². The molecule has 1 fully saturated rings. The van der Waals surface area contributed by atoms with Gasteiger partial charge < -0.3 is 18.9 Å². The third-order valence-electron chi connectivity index (χ3n) is 5.38. The molecule has 0 radical (unpaired) electrons. The van der Waals surface area contributed by atoms with Gasteiger partial charge in [-0.25, -0.2) is 5.48 Å². The van der Waals surface area contributed by atoms with E-state index in [-0.39, 0.29) is 6.04 Å². The van der Waals surface area contributed by atoms with E-state index >= 15 is 0 Å². The van der Waals surface area contributed by atoms with Gasteiger partial charge in [0.25, 0.3) is 5.91 Å². The molecule has 3 rings (SSSR count). The zero-order chi connectivity index (χ0) is 23.1. The van der Waals surface area contributed by atoms with Crippen LogP contribution in [-0.4, -0.2) is 53.2 Å². The molecule has 2 N–H and O–H groups in total. The lowest BCUT2D eigenvalue weighted by Gasteiger charge is -2.41. The molecule has 1 aliphatic heterocycles. The summed E-state index contributed by atoms with van der Waals surface area (Å²) in [5.74, 6) is 0.384. The molecule has 1 heterocycles. The van der Waals surface area contributed by atoms with E-state index in [2.05, 4.69) is 4.90 Å². The highest BCUT2D eigenvalue weighted by Crippen LogP contribution is 2.35. The number of para-hydroxylation sites is 1. The number of benzene rings is 2. The molecule has 0 bridgehead atoms. The maximum Gasteiger partial charge on any atom is 0.267 e. The van der Waals surface area contributed by atoms with Gasteiger partial charge in [0.1, 0.15) is 0 Å². The number of carbonyl (C=O) groups is 1. The standard InChI is InChI=1S/C22H27N3O6S/c1-30-20-9-8-18(15-21(20)31-2)25(32(28)29)17-11-13-24(14-12-17)19-6-4-3-5-16(19)7-10-22(26)23-27/h3-10,15,17,27H,11-14H2,1-2H3,(H,23,26)(H,28,29)/p-1/b10-7+. The summed E-state index contributed by atoms with van der Waals surface area (Å²) in [5.41, 5.74) is 3.87. The minimum atomic E-state index is -2.45. The Hall–Kier alpha value is -3.08. The van der Waals surface area contributed by atoms with E-state index in [9.17, 15) is 13.6 Å². The summed E-state index contributed by atoms with van der Waals surface area (Å²) in [4.78, 5) is 13.5.